The Labute approximate surface area is 216 Å². The zero-order valence-corrected chi connectivity index (χ0v) is 21.1. The Balaban J connectivity index is 1.57. The number of rotatable bonds is 2. The molecule has 2 heterocycles. The first-order valence-electron chi connectivity index (χ1n) is 10.6. The average Bonchev–Trinajstić information content (AvgIpc) is 3.40. The summed E-state index contributed by atoms with van der Waals surface area (Å²) in [7, 11) is 0. The molecule has 2 aliphatic heterocycles. The van der Waals surface area contributed by atoms with Crippen LogP contribution < -0.4 is 4.90 Å². The third-order valence-corrected chi connectivity index (χ3v) is 8.20. The Morgan fingerprint density at radius 3 is 2.12 bits per heavy atom. The van der Waals surface area contributed by atoms with Crippen LogP contribution in [0, 0.1) is 15.4 Å². The van der Waals surface area contributed by atoms with Crippen LogP contribution in [-0.2, 0) is 14.3 Å². The smallest absolute Gasteiger partial charge is 0.241 e. The normalized spacial score (nSPS) is 24.8. The van der Waals surface area contributed by atoms with Crippen molar-refractivity contribution in [1.82, 2.24) is 0 Å². The van der Waals surface area contributed by atoms with Crippen LogP contribution in [0.4, 0.5) is 5.69 Å². The maximum absolute atomic E-state index is 13.9. The summed E-state index contributed by atoms with van der Waals surface area (Å²) in [6.07, 6.45) is -0.937. The Morgan fingerprint density at radius 1 is 0.824 bits per heavy atom. The van der Waals surface area contributed by atoms with E-state index in [2.05, 4.69) is 38.5 Å². The minimum Gasteiger partial charge on any atom is -0.349 e. The van der Waals surface area contributed by atoms with Crippen molar-refractivity contribution in [2.24, 2.45) is 11.8 Å². The molecular formula is C26H15BrINO5. The molecule has 2 amide bonds. The maximum atomic E-state index is 13.9. The molecule has 8 heteroatoms. The number of para-hydroxylation sites is 1. The van der Waals surface area contributed by atoms with Crippen LogP contribution >= 0.6 is 38.5 Å². The first-order chi connectivity index (χ1) is 16.4. The summed E-state index contributed by atoms with van der Waals surface area (Å²) in [5, 5.41) is 0. The summed E-state index contributed by atoms with van der Waals surface area (Å²) in [6, 6.07) is 20.7. The minimum atomic E-state index is -2.07. The number of carbonyl (C=O) groups excluding carboxylic acids is 4. The Hall–Kier alpha value is -2.69. The lowest BCUT2D eigenvalue weighted by Gasteiger charge is -2.27. The van der Waals surface area contributed by atoms with Crippen LogP contribution in [0.3, 0.4) is 0 Å². The fourth-order valence-electron chi connectivity index (χ4n) is 5.37. The topological polar surface area (TPSA) is 80.8 Å². The van der Waals surface area contributed by atoms with Crippen LogP contribution in [0.15, 0.2) is 77.3 Å². The number of halogens is 2. The zero-order valence-electron chi connectivity index (χ0n) is 17.4. The molecule has 1 spiro atoms. The second-order valence-electron chi connectivity index (χ2n) is 8.50. The van der Waals surface area contributed by atoms with Gasteiger partial charge in [0, 0.05) is 19.2 Å². The first kappa shape index (κ1) is 21.8. The van der Waals surface area contributed by atoms with Gasteiger partial charge in [-0.05, 0) is 52.4 Å². The molecule has 3 aromatic rings. The van der Waals surface area contributed by atoms with Crippen LogP contribution in [0.5, 0.6) is 0 Å². The number of nitrogens with zero attached hydrogens (tertiary/aromatic N) is 1. The molecule has 0 unspecified atom stereocenters. The molecule has 6 nitrogen and oxygen atoms in total. The molecule has 3 atom stereocenters. The van der Waals surface area contributed by atoms with Gasteiger partial charge in [0.2, 0.25) is 29.0 Å². The van der Waals surface area contributed by atoms with Crippen molar-refractivity contribution in [1.29, 1.82) is 0 Å². The van der Waals surface area contributed by atoms with E-state index in [1.165, 1.54) is 0 Å². The molecule has 0 radical (unpaired) electrons. The number of imide groups is 1. The summed E-state index contributed by atoms with van der Waals surface area (Å²) in [5.74, 6) is -4.46. The molecule has 2 fully saturated rings. The van der Waals surface area contributed by atoms with Crippen molar-refractivity contribution in [3.8, 4) is 0 Å². The van der Waals surface area contributed by atoms with Gasteiger partial charge in [-0.2, -0.15) is 0 Å². The SMILES string of the molecule is O=C1[C@@H]2[C@@H](c3cccc(Br)c3)OC3(C(=O)c4ccccc4C3=O)[C@@H]2C(=O)N1c1ccccc1I. The molecule has 3 aliphatic rings. The molecule has 2 saturated heterocycles. The van der Waals surface area contributed by atoms with Gasteiger partial charge in [-0.1, -0.05) is 64.5 Å². The van der Waals surface area contributed by atoms with Crippen molar-refractivity contribution < 1.29 is 23.9 Å². The number of benzene rings is 3. The molecule has 0 saturated carbocycles. The van der Waals surface area contributed by atoms with E-state index in [0.29, 0.717) is 14.8 Å². The third kappa shape index (κ3) is 2.76. The summed E-state index contributed by atoms with van der Waals surface area (Å²) in [4.78, 5) is 56.3. The molecule has 3 aromatic carbocycles. The molecule has 0 bridgehead atoms. The number of carbonyl (C=O) groups is 4. The van der Waals surface area contributed by atoms with E-state index >= 15 is 0 Å². The van der Waals surface area contributed by atoms with Gasteiger partial charge in [0.25, 0.3) is 0 Å². The average molecular weight is 628 g/mol. The highest BCUT2D eigenvalue weighted by molar-refractivity contribution is 14.1. The van der Waals surface area contributed by atoms with Gasteiger partial charge in [0.15, 0.2) is 0 Å². The summed E-state index contributed by atoms with van der Waals surface area (Å²) >= 11 is 5.50. The number of hydrogen-bond donors (Lipinski definition) is 0. The number of anilines is 1. The summed E-state index contributed by atoms with van der Waals surface area (Å²) < 4.78 is 7.76. The maximum Gasteiger partial charge on any atom is 0.241 e. The number of ether oxygens (including phenoxy) is 1. The lowest BCUT2D eigenvalue weighted by molar-refractivity contribution is -0.127. The monoisotopic (exact) mass is 627 g/mol. The number of hydrogen-bond acceptors (Lipinski definition) is 5. The largest absolute Gasteiger partial charge is 0.349 e. The standard InChI is InChI=1S/C26H15BrINO5/c27-14-7-5-6-13(12-14)21-19-20(25(33)29(24(19)32)18-11-4-3-10-17(18)28)26(34-21)22(30)15-8-1-2-9-16(15)23(26)31/h1-12,19-21H/t19-,20-,21+/m0/s1. The number of ketones is 2. The van der Waals surface area contributed by atoms with Gasteiger partial charge in [0.05, 0.1) is 23.6 Å². The number of amides is 2. The van der Waals surface area contributed by atoms with Gasteiger partial charge in [0.1, 0.15) is 0 Å². The summed E-state index contributed by atoms with van der Waals surface area (Å²) in [6.45, 7) is 0. The summed E-state index contributed by atoms with van der Waals surface area (Å²) in [5.41, 5.74) is -0.582. The Morgan fingerprint density at radius 2 is 1.47 bits per heavy atom. The van der Waals surface area contributed by atoms with Crippen molar-refractivity contribution in [2.45, 2.75) is 11.7 Å². The van der Waals surface area contributed by atoms with Gasteiger partial charge in [-0.3, -0.25) is 19.2 Å². The van der Waals surface area contributed by atoms with E-state index in [1.54, 1.807) is 60.7 Å². The fourth-order valence-corrected chi connectivity index (χ4v) is 6.42. The van der Waals surface area contributed by atoms with Gasteiger partial charge in [-0.15, -0.1) is 0 Å². The number of Topliss-reactive ketones (excluding diaryl/α,β-unsaturated/α-hetero) is 2. The lowest BCUT2D eigenvalue weighted by atomic mass is 9.77. The van der Waals surface area contributed by atoms with Crippen molar-refractivity contribution in [2.75, 3.05) is 4.90 Å². The van der Waals surface area contributed by atoms with Crippen molar-refractivity contribution in [3.63, 3.8) is 0 Å². The fraction of sp³-hybridized carbons (Fsp3) is 0.154. The van der Waals surface area contributed by atoms with E-state index in [4.69, 9.17) is 4.74 Å². The van der Waals surface area contributed by atoms with Gasteiger partial charge in [-0.25, -0.2) is 4.90 Å². The van der Waals surface area contributed by atoms with Gasteiger partial charge >= 0.3 is 0 Å². The highest BCUT2D eigenvalue weighted by Gasteiger charge is 2.74. The molecule has 34 heavy (non-hydrogen) atoms. The van der Waals surface area contributed by atoms with E-state index in [9.17, 15) is 19.2 Å². The minimum absolute atomic E-state index is 0.217. The Kier molecular flexibility index (Phi) is 4.91. The van der Waals surface area contributed by atoms with Crippen LogP contribution in [0.2, 0.25) is 0 Å². The highest BCUT2D eigenvalue weighted by Crippen LogP contribution is 2.58. The molecule has 168 valence electrons. The van der Waals surface area contributed by atoms with Crippen molar-refractivity contribution >= 4 is 67.6 Å². The van der Waals surface area contributed by atoms with Crippen molar-refractivity contribution in [3.05, 3.63) is 97.5 Å². The van der Waals surface area contributed by atoms with E-state index in [-0.39, 0.29) is 11.1 Å². The first-order valence-corrected chi connectivity index (χ1v) is 12.5. The van der Waals surface area contributed by atoms with E-state index < -0.39 is 46.9 Å². The van der Waals surface area contributed by atoms with Crippen LogP contribution in [0.25, 0.3) is 0 Å². The Bertz CT molecular complexity index is 1400. The molecule has 0 aromatic heterocycles. The molecule has 0 N–H and O–H groups in total. The predicted octanol–water partition coefficient (Wildman–Crippen LogP) is 4.75. The quantitative estimate of drug-likeness (QED) is 0.233. The van der Waals surface area contributed by atoms with E-state index in [0.717, 1.165) is 9.37 Å². The predicted molar refractivity (Wildman–Crippen MR) is 134 cm³/mol. The lowest BCUT2D eigenvalue weighted by Crippen LogP contribution is -2.51. The van der Waals surface area contributed by atoms with E-state index in [1.807, 2.05) is 12.1 Å². The van der Waals surface area contributed by atoms with Gasteiger partial charge < -0.3 is 4.74 Å². The molecule has 1 aliphatic carbocycles. The second-order valence-corrected chi connectivity index (χ2v) is 10.6. The highest BCUT2D eigenvalue weighted by atomic mass is 127. The second kappa shape index (κ2) is 7.66. The molecular weight excluding hydrogens is 613 g/mol. The molecule has 6 rings (SSSR count). The van der Waals surface area contributed by atoms with Crippen LogP contribution in [0.1, 0.15) is 32.4 Å². The number of fused-ring (bicyclic) bond motifs is 3. The van der Waals surface area contributed by atoms with Crippen LogP contribution in [-0.4, -0.2) is 29.0 Å². The zero-order chi connectivity index (χ0) is 23.8. The third-order valence-electron chi connectivity index (χ3n) is 6.79.